The molecule has 9 heteroatoms. The Morgan fingerprint density at radius 1 is 1.18 bits per heavy atom. The lowest BCUT2D eigenvalue weighted by Gasteiger charge is -2.37. The van der Waals surface area contributed by atoms with Gasteiger partial charge in [-0.25, -0.2) is 0 Å². The smallest absolute Gasteiger partial charge is 0.231 e. The van der Waals surface area contributed by atoms with Crippen molar-refractivity contribution in [3.63, 3.8) is 0 Å². The molecule has 4 rings (SSSR count). The van der Waals surface area contributed by atoms with Crippen molar-refractivity contribution in [2.24, 2.45) is 10.9 Å². The fraction of sp³-hybridized carbons (Fsp3) is 0.542. The van der Waals surface area contributed by atoms with Crippen LogP contribution in [0.3, 0.4) is 0 Å². The highest BCUT2D eigenvalue weighted by atomic mass is 35.5. The highest BCUT2D eigenvalue weighted by Crippen LogP contribution is 2.54. The maximum Gasteiger partial charge on any atom is 0.231 e. The first-order chi connectivity index (χ1) is 15.6. The van der Waals surface area contributed by atoms with Crippen LogP contribution in [0.5, 0.6) is 17.2 Å². The van der Waals surface area contributed by atoms with Crippen molar-refractivity contribution < 1.29 is 34.0 Å². The zero-order valence-corrected chi connectivity index (χ0v) is 19.9. The van der Waals surface area contributed by atoms with Gasteiger partial charge in [-0.3, -0.25) is 14.6 Å². The molecule has 0 saturated heterocycles. The molecule has 178 valence electrons. The van der Waals surface area contributed by atoms with Gasteiger partial charge in [-0.05, 0) is 32.6 Å². The molecule has 0 aromatic heterocycles. The summed E-state index contributed by atoms with van der Waals surface area (Å²) >= 11 is 6.45. The molecule has 1 saturated carbocycles. The van der Waals surface area contributed by atoms with Crippen LogP contribution in [-0.4, -0.2) is 59.5 Å². The summed E-state index contributed by atoms with van der Waals surface area (Å²) in [4.78, 5) is 31.4. The highest BCUT2D eigenvalue weighted by Gasteiger charge is 2.61. The van der Waals surface area contributed by atoms with E-state index in [1.54, 1.807) is 13.8 Å². The van der Waals surface area contributed by atoms with E-state index in [4.69, 9.17) is 25.8 Å². The van der Waals surface area contributed by atoms with Crippen LogP contribution in [0.2, 0.25) is 5.02 Å². The average molecular weight is 478 g/mol. The standard InChI is InChI=1S/C24H28ClNO7/c1-11-9-15(28)18(12(2)26-13-5-7-14(27)8-6-13)22(29)24(11)23(30)19-16(31-3)10-17(32-4)20(25)21(19)33-24/h10-11,13-14,27,29H,5-9H2,1-4H3/t11-,13?,14?,24+/m1/s1. The summed E-state index contributed by atoms with van der Waals surface area (Å²) in [6, 6.07) is 1.43. The third-order valence-electron chi connectivity index (χ3n) is 6.88. The third-order valence-corrected chi connectivity index (χ3v) is 7.23. The van der Waals surface area contributed by atoms with E-state index in [9.17, 15) is 19.8 Å². The van der Waals surface area contributed by atoms with E-state index in [1.807, 2.05) is 0 Å². The Morgan fingerprint density at radius 2 is 1.82 bits per heavy atom. The molecule has 2 N–H and O–H groups in total. The largest absolute Gasteiger partial charge is 0.507 e. The summed E-state index contributed by atoms with van der Waals surface area (Å²) in [5, 5.41) is 21.2. The van der Waals surface area contributed by atoms with Crippen LogP contribution in [0, 0.1) is 5.92 Å². The predicted molar refractivity (Wildman–Crippen MR) is 122 cm³/mol. The van der Waals surface area contributed by atoms with Crippen LogP contribution in [0.4, 0.5) is 0 Å². The Kier molecular flexibility index (Phi) is 6.18. The number of Topliss-reactive ketones (excluding diaryl/α,β-unsaturated/α-hetero) is 2. The lowest BCUT2D eigenvalue weighted by atomic mass is 9.72. The van der Waals surface area contributed by atoms with Crippen molar-refractivity contribution in [2.75, 3.05) is 14.2 Å². The third kappa shape index (κ3) is 3.60. The van der Waals surface area contributed by atoms with Crippen LogP contribution >= 0.6 is 11.6 Å². The van der Waals surface area contributed by atoms with Gasteiger partial charge in [0.15, 0.2) is 17.3 Å². The fourth-order valence-corrected chi connectivity index (χ4v) is 5.32. The monoisotopic (exact) mass is 477 g/mol. The van der Waals surface area contributed by atoms with Gasteiger partial charge in [0.25, 0.3) is 0 Å². The van der Waals surface area contributed by atoms with Crippen LogP contribution in [0.15, 0.2) is 22.4 Å². The number of hydrogen-bond acceptors (Lipinski definition) is 8. The van der Waals surface area contributed by atoms with E-state index in [0.29, 0.717) is 31.4 Å². The quantitative estimate of drug-likeness (QED) is 0.633. The maximum absolute atomic E-state index is 13.7. The molecule has 1 fully saturated rings. The summed E-state index contributed by atoms with van der Waals surface area (Å²) < 4.78 is 16.8. The Balaban J connectivity index is 1.82. The second-order valence-corrected chi connectivity index (χ2v) is 9.27. The van der Waals surface area contributed by atoms with Gasteiger partial charge in [0.1, 0.15) is 22.1 Å². The van der Waals surface area contributed by atoms with E-state index in [2.05, 4.69) is 4.99 Å². The van der Waals surface area contributed by atoms with E-state index < -0.39 is 23.1 Å². The van der Waals surface area contributed by atoms with E-state index >= 15 is 0 Å². The first kappa shape index (κ1) is 23.6. The van der Waals surface area contributed by atoms with Gasteiger partial charge in [-0.2, -0.15) is 0 Å². The summed E-state index contributed by atoms with van der Waals surface area (Å²) in [6.07, 6.45) is 2.32. The van der Waals surface area contributed by atoms with Gasteiger partial charge < -0.3 is 24.4 Å². The number of fused-ring (bicyclic) bond motifs is 1. The van der Waals surface area contributed by atoms with Crippen molar-refractivity contribution >= 4 is 28.9 Å². The Hall–Kier alpha value is -2.58. The number of methoxy groups -OCH3 is 2. The number of nitrogens with zero attached hydrogens (tertiary/aromatic N) is 1. The molecule has 2 aliphatic carbocycles. The topological polar surface area (TPSA) is 115 Å². The van der Waals surface area contributed by atoms with Crippen molar-refractivity contribution in [3.05, 3.63) is 28.0 Å². The Bertz CT molecular complexity index is 1070. The van der Waals surface area contributed by atoms with Crippen LogP contribution in [-0.2, 0) is 4.79 Å². The summed E-state index contributed by atoms with van der Waals surface area (Å²) in [7, 11) is 2.84. The molecular formula is C24H28ClNO7. The summed E-state index contributed by atoms with van der Waals surface area (Å²) in [5.74, 6) is -1.41. The van der Waals surface area contributed by atoms with Crippen LogP contribution in [0.25, 0.3) is 0 Å². The molecule has 1 aromatic carbocycles. The molecule has 0 radical (unpaired) electrons. The normalized spacial score (nSPS) is 29.9. The van der Waals surface area contributed by atoms with E-state index in [0.717, 1.165) is 0 Å². The number of carbonyl (C=O) groups is 2. The number of ketones is 2. The average Bonchev–Trinajstić information content (AvgIpc) is 3.09. The molecule has 3 aliphatic rings. The molecular weight excluding hydrogens is 450 g/mol. The van der Waals surface area contributed by atoms with E-state index in [1.165, 1.54) is 20.3 Å². The van der Waals surface area contributed by atoms with Crippen LogP contribution in [0.1, 0.15) is 56.3 Å². The predicted octanol–water partition coefficient (Wildman–Crippen LogP) is 3.86. The maximum atomic E-state index is 13.7. The minimum Gasteiger partial charge on any atom is -0.507 e. The molecule has 1 spiro atoms. The lowest BCUT2D eigenvalue weighted by molar-refractivity contribution is -0.118. The van der Waals surface area contributed by atoms with Gasteiger partial charge in [0.2, 0.25) is 11.4 Å². The number of aliphatic imine (C=N–C) groups is 1. The molecule has 8 nitrogen and oxygen atoms in total. The second kappa shape index (κ2) is 8.65. The molecule has 1 aromatic rings. The number of ether oxygens (including phenoxy) is 3. The number of aliphatic hydroxyl groups is 2. The first-order valence-corrected chi connectivity index (χ1v) is 11.4. The molecule has 33 heavy (non-hydrogen) atoms. The minimum atomic E-state index is -1.81. The van der Waals surface area contributed by atoms with Gasteiger partial charge >= 0.3 is 0 Å². The number of hydrogen-bond donors (Lipinski definition) is 2. The molecule has 0 unspecified atom stereocenters. The molecule has 2 atom stereocenters. The number of aliphatic hydroxyl groups excluding tert-OH is 2. The van der Waals surface area contributed by atoms with Gasteiger partial charge in [-0.15, -0.1) is 0 Å². The van der Waals surface area contributed by atoms with Gasteiger partial charge in [0.05, 0.1) is 31.9 Å². The Morgan fingerprint density at radius 3 is 2.42 bits per heavy atom. The van der Waals surface area contributed by atoms with Crippen molar-refractivity contribution in [1.82, 2.24) is 0 Å². The second-order valence-electron chi connectivity index (χ2n) is 8.89. The van der Waals surface area contributed by atoms with E-state index in [-0.39, 0.29) is 57.8 Å². The zero-order valence-electron chi connectivity index (χ0n) is 19.1. The minimum absolute atomic E-state index is 0.00225. The van der Waals surface area contributed by atoms with Crippen molar-refractivity contribution in [2.45, 2.75) is 63.7 Å². The number of rotatable bonds is 4. The molecule has 0 bridgehead atoms. The zero-order chi connectivity index (χ0) is 24.1. The molecule has 1 heterocycles. The molecule has 0 amide bonds. The van der Waals surface area contributed by atoms with Crippen LogP contribution < -0.4 is 14.2 Å². The lowest BCUT2D eigenvalue weighted by Crippen LogP contribution is -2.53. The highest BCUT2D eigenvalue weighted by molar-refractivity contribution is 6.35. The van der Waals surface area contributed by atoms with Crippen molar-refractivity contribution in [1.29, 1.82) is 0 Å². The number of carbonyl (C=O) groups excluding carboxylic acids is 2. The summed E-state index contributed by atoms with van der Waals surface area (Å²) in [6.45, 7) is 3.34. The van der Waals surface area contributed by atoms with Crippen molar-refractivity contribution in [3.8, 4) is 17.2 Å². The fourth-order valence-electron chi connectivity index (χ4n) is 5.06. The number of allylic oxidation sites excluding steroid dienone is 1. The number of benzene rings is 1. The molecule has 1 aliphatic heterocycles. The number of halogens is 1. The first-order valence-electron chi connectivity index (χ1n) is 11.0. The Labute approximate surface area is 197 Å². The summed E-state index contributed by atoms with van der Waals surface area (Å²) in [5.41, 5.74) is -1.35. The van der Waals surface area contributed by atoms with Gasteiger partial charge in [0, 0.05) is 24.1 Å². The van der Waals surface area contributed by atoms with Gasteiger partial charge in [-0.1, -0.05) is 18.5 Å². The SMILES string of the molecule is COc1cc(OC)c2c(c1Cl)O[C@]1(C2=O)C(O)=C(C(C)=NC2CCC(O)CC2)C(=O)C[C@H]1C.